The molecule has 0 amide bonds. The van der Waals surface area contributed by atoms with Crippen molar-refractivity contribution >= 4 is 21.9 Å². The first-order chi connectivity index (χ1) is 7.81. The lowest BCUT2D eigenvalue weighted by atomic mass is 10.1. The van der Waals surface area contributed by atoms with E-state index in [1.54, 1.807) is 0 Å². The molecule has 1 atom stereocenters. The molecule has 0 bridgehead atoms. The van der Waals surface area contributed by atoms with Crippen LogP contribution < -0.4 is 0 Å². The van der Waals surface area contributed by atoms with Gasteiger partial charge in [-0.05, 0) is 30.4 Å². The Labute approximate surface area is 104 Å². The van der Waals surface area contributed by atoms with Gasteiger partial charge in [-0.3, -0.25) is 4.79 Å². The molecule has 0 fully saturated rings. The van der Waals surface area contributed by atoms with E-state index in [1.807, 2.05) is 12.1 Å². The highest BCUT2D eigenvalue weighted by Crippen LogP contribution is 2.33. The molecule has 2 nitrogen and oxygen atoms in total. The zero-order valence-corrected chi connectivity index (χ0v) is 10.7. The number of esters is 1. The number of alkyl halides is 1. The van der Waals surface area contributed by atoms with Crippen molar-refractivity contribution < 1.29 is 9.53 Å². The van der Waals surface area contributed by atoms with Crippen LogP contribution in [0.5, 0.6) is 0 Å². The second-order valence-corrected chi connectivity index (χ2v) is 4.80. The van der Waals surface area contributed by atoms with Gasteiger partial charge in [0.05, 0.1) is 0 Å². The maximum Gasteiger partial charge on any atom is 0.306 e. The van der Waals surface area contributed by atoms with Crippen molar-refractivity contribution in [3.63, 3.8) is 0 Å². The van der Waals surface area contributed by atoms with E-state index < -0.39 is 0 Å². The van der Waals surface area contributed by atoms with Gasteiger partial charge in [-0.1, -0.05) is 40.2 Å². The summed E-state index contributed by atoms with van der Waals surface area (Å²) in [4.78, 5) is 11.5. The highest BCUT2D eigenvalue weighted by atomic mass is 79.9. The Morgan fingerprint density at radius 2 is 2.25 bits per heavy atom. The summed E-state index contributed by atoms with van der Waals surface area (Å²) in [5.74, 6) is -0.0823. The molecule has 1 aromatic rings. The Kier molecular flexibility index (Phi) is 3.99. The van der Waals surface area contributed by atoms with Crippen LogP contribution in [0.15, 0.2) is 24.3 Å². The highest BCUT2D eigenvalue weighted by molar-refractivity contribution is 9.09. The van der Waals surface area contributed by atoms with Crippen molar-refractivity contribution in [3.8, 4) is 0 Å². The van der Waals surface area contributed by atoms with Crippen molar-refractivity contribution in [1.29, 1.82) is 0 Å². The van der Waals surface area contributed by atoms with Gasteiger partial charge in [0.2, 0.25) is 0 Å². The number of carbonyl (C=O) groups excluding carboxylic acids is 1. The van der Waals surface area contributed by atoms with E-state index >= 15 is 0 Å². The molecular formula is C13H15BrO2. The fraction of sp³-hybridized carbons (Fsp3) is 0.462. The van der Waals surface area contributed by atoms with Gasteiger partial charge in [0.25, 0.3) is 0 Å². The molecule has 1 aliphatic rings. The standard InChI is InChI=1S/C13H15BrO2/c14-9-3-6-13(15)16-12-8-7-10-4-1-2-5-11(10)12/h1-2,4-5,12H,3,6-9H2. The third kappa shape index (κ3) is 2.64. The van der Waals surface area contributed by atoms with Crippen LogP contribution in [0.1, 0.15) is 36.5 Å². The molecule has 3 heteroatoms. The Morgan fingerprint density at radius 1 is 1.44 bits per heavy atom. The average Bonchev–Trinajstić information content (AvgIpc) is 2.70. The van der Waals surface area contributed by atoms with Gasteiger partial charge in [-0.15, -0.1) is 0 Å². The number of hydrogen-bond donors (Lipinski definition) is 0. The van der Waals surface area contributed by atoms with Gasteiger partial charge >= 0.3 is 5.97 Å². The van der Waals surface area contributed by atoms with Crippen molar-refractivity contribution in [2.75, 3.05) is 5.33 Å². The summed E-state index contributed by atoms with van der Waals surface area (Å²) >= 11 is 3.31. The zero-order valence-electron chi connectivity index (χ0n) is 9.12. The van der Waals surface area contributed by atoms with Crippen LogP contribution in [0.25, 0.3) is 0 Å². The van der Waals surface area contributed by atoms with Crippen LogP contribution >= 0.6 is 15.9 Å². The maximum absolute atomic E-state index is 11.5. The molecule has 0 aromatic heterocycles. The SMILES string of the molecule is O=C(CCCBr)OC1CCc2ccccc21. The van der Waals surface area contributed by atoms with E-state index in [0.29, 0.717) is 6.42 Å². The van der Waals surface area contributed by atoms with Crippen LogP contribution in [0.2, 0.25) is 0 Å². The first-order valence-electron chi connectivity index (χ1n) is 5.64. The van der Waals surface area contributed by atoms with Gasteiger partial charge in [-0.25, -0.2) is 0 Å². The normalized spacial score (nSPS) is 18.2. The predicted octanol–water partition coefficient (Wildman–Crippen LogP) is 3.39. The lowest BCUT2D eigenvalue weighted by molar-refractivity contribution is -0.149. The minimum Gasteiger partial charge on any atom is -0.457 e. The first kappa shape index (κ1) is 11.6. The van der Waals surface area contributed by atoms with E-state index in [-0.39, 0.29) is 12.1 Å². The third-order valence-corrected chi connectivity index (χ3v) is 3.43. The first-order valence-corrected chi connectivity index (χ1v) is 6.76. The monoisotopic (exact) mass is 282 g/mol. The summed E-state index contributed by atoms with van der Waals surface area (Å²) in [7, 11) is 0. The van der Waals surface area contributed by atoms with Gasteiger partial charge < -0.3 is 4.74 Å². The molecule has 86 valence electrons. The molecule has 0 aliphatic heterocycles. The van der Waals surface area contributed by atoms with Crippen molar-refractivity contribution in [1.82, 2.24) is 0 Å². The molecule has 1 aliphatic carbocycles. The number of ether oxygens (including phenoxy) is 1. The topological polar surface area (TPSA) is 26.3 Å². The second-order valence-electron chi connectivity index (χ2n) is 4.01. The summed E-state index contributed by atoms with van der Waals surface area (Å²) < 4.78 is 5.48. The summed E-state index contributed by atoms with van der Waals surface area (Å²) in [5.41, 5.74) is 2.51. The maximum atomic E-state index is 11.5. The molecule has 0 saturated heterocycles. The zero-order chi connectivity index (χ0) is 11.4. The number of benzene rings is 1. The summed E-state index contributed by atoms with van der Waals surface area (Å²) in [5, 5.41) is 0.851. The molecule has 0 N–H and O–H groups in total. The lowest BCUT2D eigenvalue weighted by Gasteiger charge is -2.12. The van der Waals surface area contributed by atoms with E-state index in [9.17, 15) is 4.79 Å². The minimum absolute atomic E-state index is 0.0148. The number of carbonyl (C=O) groups is 1. The van der Waals surface area contributed by atoms with E-state index in [2.05, 4.69) is 28.1 Å². The highest BCUT2D eigenvalue weighted by Gasteiger charge is 2.24. The van der Waals surface area contributed by atoms with Crippen LogP contribution in [0, 0.1) is 0 Å². The van der Waals surface area contributed by atoms with E-state index in [1.165, 1.54) is 11.1 Å². The number of aryl methyl sites for hydroxylation is 1. The number of fused-ring (bicyclic) bond motifs is 1. The van der Waals surface area contributed by atoms with E-state index in [0.717, 1.165) is 24.6 Å². The van der Waals surface area contributed by atoms with Gasteiger partial charge in [0.1, 0.15) is 6.10 Å². The number of halogens is 1. The Hall–Kier alpha value is -0.830. The van der Waals surface area contributed by atoms with Crippen molar-refractivity contribution in [2.24, 2.45) is 0 Å². The van der Waals surface area contributed by atoms with Crippen molar-refractivity contribution in [3.05, 3.63) is 35.4 Å². The van der Waals surface area contributed by atoms with Gasteiger partial charge in [0, 0.05) is 11.8 Å². The van der Waals surface area contributed by atoms with Gasteiger partial charge in [-0.2, -0.15) is 0 Å². The fourth-order valence-electron chi connectivity index (χ4n) is 2.07. The van der Waals surface area contributed by atoms with Gasteiger partial charge in [0.15, 0.2) is 0 Å². The molecule has 0 saturated carbocycles. The Bertz CT molecular complexity index is 376. The predicted molar refractivity (Wildman–Crippen MR) is 66.6 cm³/mol. The summed E-state index contributed by atoms with van der Waals surface area (Å²) in [6, 6.07) is 8.21. The van der Waals surface area contributed by atoms with Crippen LogP contribution in [-0.2, 0) is 16.0 Å². The van der Waals surface area contributed by atoms with Crippen LogP contribution in [-0.4, -0.2) is 11.3 Å². The molecule has 0 spiro atoms. The third-order valence-electron chi connectivity index (χ3n) is 2.87. The summed E-state index contributed by atoms with van der Waals surface area (Å²) in [6.07, 6.45) is 3.28. The Balaban J connectivity index is 1.95. The molecule has 0 heterocycles. The molecule has 2 rings (SSSR count). The smallest absolute Gasteiger partial charge is 0.306 e. The number of rotatable bonds is 4. The molecule has 1 aromatic carbocycles. The van der Waals surface area contributed by atoms with Crippen molar-refractivity contribution in [2.45, 2.75) is 31.8 Å². The fourth-order valence-corrected chi connectivity index (χ4v) is 2.35. The largest absolute Gasteiger partial charge is 0.457 e. The molecular weight excluding hydrogens is 268 g/mol. The summed E-state index contributed by atoms with van der Waals surface area (Å²) in [6.45, 7) is 0. The minimum atomic E-state index is -0.0823. The Morgan fingerprint density at radius 3 is 3.06 bits per heavy atom. The lowest BCUT2D eigenvalue weighted by Crippen LogP contribution is -2.09. The van der Waals surface area contributed by atoms with Crippen LogP contribution in [0.3, 0.4) is 0 Å². The quantitative estimate of drug-likeness (QED) is 0.625. The van der Waals surface area contributed by atoms with E-state index in [4.69, 9.17) is 4.74 Å². The van der Waals surface area contributed by atoms with Crippen LogP contribution in [0.4, 0.5) is 0 Å². The number of hydrogen-bond acceptors (Lipinski definition) is 2. The average molecular weight is 283 g/mol. The molecule has 16 heavy (non-hydrogen) atoms. The second kappa shape index (κ2) is 5.48. The molecule has 1 unspecified atom stereocenters. The molecule has 0 radical (unpaired) electrons.